The van der Waals surface area contributed by atoms with E-state index in [2.05, 4.69) is 4.98 Å². The monoisotopic (exact) mass is 356 g/mol. The highest BCUT2D eigenvalue weighted by molar-refractivity contribution is 7.09. The predicted octanol–water partition coefficient (Wildman–Crippen LogP) is 3.55. The lowest BCUT2D eigenvalue weighted by molar-refractivity contribution is -0.131. The first-order chi connectivity index (χ1) is 11.1. The maximum Gasteiger partial charge on any atom is 0.238 e. The van der Waals surface area contributed by atoms with Crippen LogP contribution in [-0.2, 0) is 24.2 Å². The number of carbonyl (C=O) groups is 1. The quantitative estimate of drug-likeness (QED) is 0.785. The predicted molar refractivity (Wildman–Crippen MR) is 85.6 cm³/mol. The molecule has 7 heteroatoms. The summed E-state index contributed by atoms with van der Waals surface area (Å²) in [4.78, 5) is 19.1. The van der Waals surface area contributed by atoms with E-state index in [1.807, 2.05) is 0 Å². The fourth-order valence-electron chi connectivity index (χ4n) is 2.90. The third kappa shape index (κ3) is 3.38. The molecule has 0 bridgehead atoms. The van der Waals surface area contributed by atoms with Gasteiger partial charge in [0.05, 0.1) is 17.7 Å². The summed E-state index contributed by atoms with van der Waals surface area (Å²) in [5.74, 6) is -1.81. The van der Waals surface area contributed by atoms with Crippen LogP contribution in [0.1, 0.15) is 22.6 Å². The lowest BCUT2D eigenvalue weighted by atomic mass is 9.95. The standard InChI is InChI=1S/C16H15ClF2N2OS/c17-7-16(22)21(8-11-12(18)2-1-3-13(11)19)10-4-5-14-15(6-10)23-9-20-14/h1-3,9-10H,4-8H2. The first-order valence-electron chi connectivity index (χ1n) is 7.29. The van der Waals surface area contributed by atoms with Crippen LogP contribution in [0, 0.1) is 11.6 Å². The van der Waals surface area contributed by atoms with Gasteiger partial charge in [0.15, 0.2) is 0 Å². The van der Waals surface area contributed by atoms with Gasteiger partial charge in [-0.05, 0) is 25.0 Å². The number of hydrogen-bond donors (Lipinski definition) is 0. The summed E-state index contributed by atoms with van der Waals surface area (Å²) in [7, 11) is 0. The van der Waals surface area contributed by atoms with Crippen LogP contribution in [0.5, 0.6) is 0 Å². The number of aryl methyl sites for hydroxylation is 1. The highest BCUT2D eigenvalue weighted by atomic mass is 35.5. The summed E-state index contributed by atoms with van der Waals surface area (Å²) < 4.78 is 27.8. The molecule has 23 heavy (non-hydrogen) atoms. The van der Waals surface area contributed by atoms with Crippen molar-refractivity contribution in [2.75, 3.05) is 5.88 Å². The summed E-state index contributed by atoms with van der Waals surface area (Å²) in [6.07, 6.45) is 2.13. The van der Waals surface area contributed by atoms with Crippen LogP contribution in [0.4, 0.5) is 8.78 Å². The van der Waals surface area contributed by atoms with E-state index < -0.39 is 11.6 Å². The van der Waals surface area contributed by atoms with Crippen molar-refractivity contribution < 1.29 is 13.6 Å². The second-order valence-corrected chi connectivity index (χ2v) is 6.68. The van der Waals surface area contributed by atoms with Gasteiger partial charge in [-0.25, -0.2) is 13.8 Å². The number of hydrogen-bond acceptors (Lipinski definition) is 3. The van der Waals surface area contributed by atoms with Gasteiger partial charge < -0.3 is 4.90 Å². The zero-order chi connectivity index (χ0) is 16.4. The normalized spacial score (nSPS) is 16.9. The van der Waals surface area contributed by atoms with Crippen molar-refractivity contribution in [1.29, 1.82) is 0 Å². The summed E-state index contributed by atoms with van der Waals surface area (Å²) in [5.41, 5.74) is 2.75. The molecule has 3 nitrogen and oxygen atoms in total. The lowest BCUT2D eigenvalue weighted by Gasteiger charge is -2.34. The molecule has 2 aromatic rings. The largest absolute Gasteiger partial charge is 0.334 e. The zero-order valence-electron chi connectivity index (χ0n) is 12.3. The number of rotatable bonds is 4. The van der Waals surface area contributed by atoms with Crippen molar-refractivity contribution in [3.8, 4) is 0 Å². The molecule has 0 radical (unpaired) electrons. The van der Waals surface area contributed by atoms with Gasteiger partial charge in [-0.1, -0.05) is 6.07 Å². The Hall–Kier alpha value is -1.53. The van der Waals surface area contributed by atoms with E-state index in [1.165, 1.54) is 23.1 Å². The molecule has 1 aromatic heterocycles. The molecule has 0 aliphatic heterocycles. The Kier molecular flexibility index (Phi) is 4.92. The highest BCUT2D eigenvalue weighted by Gasteiger charge is 2.30. The Labute approximate surface area is 141 Å². The number of benzene rings is 1. The van der Waals surface area contributed by atoms with E-state index in [9.17, 15) is 13.6 Å². The highest BCUT2D eigenvalue weighted by Crippen LogP contribution is 2.28. The van der Waals surface area contributed by atoms with Gasteiger partial charge in [0.2, 0.25) is 5.91 Å². The minimum atomic E-state index is -0.647. The van der Waals surface area contributed by atoms with Gasteiger partial charge in [0.25, 0.3) is 0 Å². The molecule has 1 atom stereocenters. The van der Waals surface area contributed by atoms with Gasteiger partial charge in [-0.3, -0.25) is 4.79 Å². The van der Waals surface area contributed by atoms with Crippen molar-refractivity contribution >= 4 is 28.8 Å². The maximum absolute atomic E-state index is 13.9. The number of thiazole rings is 1. The fourth-order valence-corrected chi connectivity index (χ4v) is 3.94. The fraction of sp³-hybridized carbons (Fsp3) is 0.375. The Balaban J connectivity index is 1.86. The molecular weight excluding hydrogens is 342 g/mol. The molecule has 0 spiro atoms. The molecule has 0 fully saturated rings. The Morgan fingerprint density at radius 2 is 2.13 bits per heavy atom. The molecule has 1 heterocycles. The average molecular weight is 357 g/mol. The number of nitrogens with zero attached hydrogens (tertiary/aromatic N) is 2. The molecule has 1 amide bonds. The van der Waals surface area contributed by atoms with Gasteiger partial charge in [-0.15, -0.1) is 22.9 Å². The van der Waals surface area contributed by atoms with E-state index in [-0.39, 0.29) is 29.9 Å². The van der Waals surface area contributed by atoms with E-state index in [4.69, 9.17) is 11.6 Å². The molecule has 0 saturated heterocycles. The second-order valence-electron chi connectivity index (χ2n) is 5.47. The number of halogens is 3. The first kappa shape index (κ1) is 16.3. The minimum Gasteiger partial charge on any atom is -0.334 e. The third-order valence-corrected chi connectivity index (χ3v) is 5.25. The topological polar surface area (TPSA) is 33.2 Å². The number of fused-ring (bicyclic) bond motifs is 1. The minimum absolute atomic E-state index is 0.0962. The first-order valence-corrected chi connectivity index (χ1v) is 8.71. The Morgan fingerprint density at radius 1 is 1.39 bits per heavy atom. The van der Waals surface area contributed by atoms with Gasteiger partial charge in [0.1, 0.15) is 17.5 Å². The summed E-state index contributed by atoms with van der Waals surface area (Å²) in [5, 5.41) is 0. The molecule has 3 rings (SSSR count). The SMILES string of the molecule is O=C(CCl)N(Cc1c(F)cccc1F)C1CCc2ncsc2C1. The molecule has 1 aliphatic rings. The van der Waals surface area contributed by atoms with Crippen molar-refractivity contribution in [2.45, 2.75) is 31.8 Å². The smallest absolute Gasteiger partial charge is 0.238 e. The maximum atomic E-state index is 13.9. The average Bonchev–Trinajstić information content (AvgIpc) is 3.01. The van der Waals surface area contributed by atoms with Crippen LogP contribution in [0.3, 0.4) is 0 Å². The molecule has 1 aromatic carbocycles. The zero-order valence-corrected chi connectivity index (χ0v) is 13.8. The number of alkyl halides is 1. The Bertz CT molecular complexity index is 702. The van der Waals surface area contributed by atoms with Crippen molar-refractivity contribution in [1.82, 2.24) is 9.88 Å². The molecule has 1 aliphatic carbocycles. The molecule has 122 valence electrons. The van der Waals surface area contributed by atoms with E-state index in [0.29, 0.717) is 6.42 Å². The molecular formula is C16H15ClF2N2OS. The van der Waals surface area contributed by atoms with Crippen molar-refractivity contribution in [2.24, 2.45) is 0 Å². The van der Waals surface area contributed by atoms with Gasteiger partial charge in [0, 0.05) is 22.9 Å². The van der Waals surface area contributed by atoms with Crippen LogP contribution < -0.4 is 0 Å². The summed E-state index contributed by atoms with van der Waals surface area (Å²) in [6.45, 7) is -0.108. The van der Waals surface area contributed by atoms with Crippen LogP contribution in [-0.4, -0.2) is 27.7 Å². The van der Waals surface area contributed by atoms with E-state index >= 15 is 0 Å². The number of amides is 1. The van der Waals surface area contributed by atoms with Crippen LogP contribution >= 0.6 is 22.9 Å². The van der Waals surface area contributed by atoms with Crippen molar-refractivity contribution in [3.63, 3.8) is 0 Å². The van der Waals surface area contributed by atoms with Crippen LogP contribution in [0.15, 0.2) is 23.7 Å². The third-order valence-electron chi connectivity index (χ3n) is 4.13. The molecule has 1 unspecified atom stereocenters. The van der Waals surface area contributed by atoms with E-state index in [0.717, 1.165) is 23.4 Å². The lowest BCUT2D eigenvalue weighted by Crippen LogP contribution is -2.43. The van der Waals surface area contributed by atoms with Crippen molar-refractivity contribution in [3.05, 3.63) is 51.5 Å². The number of carbonyl (C=O) groups excluding carboxylic acids is 1. The Morgan fingerprint density at radius 3 is 2.83 bits per heavy atom. The van der Waals surface area contributed by atoms with Crippen LogP contribution in [0.25, 0.3) is 0 Å². The molecule has 0 N–H and O–H groups in total. The number of aromatic nitrogens is 1. The molecule has 0 saturated carbocycles. The van der Waals surface area contributed by atoms with Gasteiger partial charge >= 0.3 is 0 Å². The summed E-state index contributed by atoms with van der Waals surface area (Å²) >= 11 is 7.25. The van der Waals surface area contributed by atoms with E-state index in [1.54, 1.807) is 16.8 Å². The van der Waals surface area contributed by atoms with Crippen LogP contribution in [0.2, 0.25) is 0 Å². The summed E-state index contributed by atoms with van der Waals surface area (Å²) in [6, 6.07) is 3.59. The second kappa shape index (κ2) is 6.93. The van der Waals surface area contributed by atoms with Gasteiger partial charge in [-0.2, -0.15) is 0 Å².